The predicted octanol–water partition coefficient (Wildman–Crippen LogP) is 1.44. The highest BCUT2D eigenvalue weighted by Crippen LogP contribution is 2.26. The Balaban J connectivity index is 2.20. The first-order valence-corrected chi connectivity index (χ1v) is 5.66. The van der Waals surface area contributed by atoms with Gasteiger partial charge < -0.3 is 15.2 Å². The Morgan fingerprint density at radius 1 is 1.56 bits per heavy atom. The molecule has 0 radical (unpaired) electrons. The van der Waals surface area contributed by atoms with Crippen molar-refractivity contribution < 1.29 is 9.47 Å². The van der Waals surface area contributed by atoms with E-state index in [1.807, 2.05) is 12.1 Å². The second-order valence-electron chi connectivity index (χ2n) is 4.02. The van der Waals surface area contributed by atoms with E-state index in [9.17, 15) is 0 Å². The number of ether oxygens (including phenoxy) is 2. The molecule has 0 bridgehead atoms. The van der Waals surface area contributed by atoms with Crippen LogP contribution in [0.15, 0.2) is 12.1 Å². The highest BCUT2D eigenvalue weighted by molar-refractivity contribution is 5.29. The highest BCUT2D eigenvalue weighted by atomic mass is 16.5. The van der Waals surface area contributed by atoms with E-state index in [0.717, 1.165) is 37.3 Å². The van der Waals surface area contributed by atoms with E-state index in [-0.39, 0.29) is 0 Å². The van der Waals surface area contributed by atoms with Crippen molar-refractivity contribution >= 4 is 0 Å². The number of nitrogens with zero attached hydrogens (tertiary/aromatic N) is 1. The number of pyridine rings is 1. The molecule has 2 rings (SSSR count). The van der Waals surface area contributed by atoms with E-state index >= 15 is 0 Å². The molecule has 4 heteroatoms. The average Bonchev–Trinajstić information content (AvgIpc) is 2.39. The molecular formula is C12H18N2O2. The molecule has 0 aliphatic carbocycles. The van der Waals surface area contributed by atoms with Crippen molar-refractivity contribution in [1.82, 2.24) is 4.98 Å². The van der Waals surface area contributed by atoms with E-state index < -0.39 is 0 Å². The monoisotopic (exact) mass is 222 g/mol. The van der Waals surface area contributed by atoms with Crippen LogP contribution in [0.4, 0.5) is 0 Å². The fourth-order valence-corrected chi connectivity index (χ4v) is 2.02. The first-order valence-electron chi connectivity index (χ1n) is 5.66. The fraction of sp³-hybridized carbons (Fsp3) is 0.583. The number of hydrogen-bond donors (Lipinski definition) is 1. The van der Waals surface area contributed by atoms with E-state index in [1.54, 1.807) is 7.11 Å². The maximum atomic E-state index is 5.61. The van der Waals surface area contributed by atoms with Crippen LogP contribution in [0.3, 0.4) is 0 Å². The van der Waals surface area contributed by atoms with Crippen molar-refractivity contribution in [3.8, 4) is 5.88 Å². The van der Waals surface area contributed by atoms with Crippen molar-refractivity contribution in [3.63, 3.8) is 0 Å². The molecule has 2 N–H and O–H groups in total. The zero-order valence-corrected chi connectivity index (χ0v) is 9.61. The van der Waals surface area contributed by atoms with Gasteiger partial charge in [0.15, 0.2) is 0 Å². The lowest BCUT2D eigenvalue weighted by Gasteiger charge is -2.22. The van der Waals surface area contributed by atoms with Crippen LogP contribution in [-0.4, -0.2) is 25.3 Å². The molecule has 1 aromatic heterocycles. The lowest BCUT2D eigenvalue weighted by atomic mass is 9.97. The summed E-state index contributed by atoms with van der Waals surface area (Å²) < 4.78 is 10.7. The third-order valence-electron chi connectivity index (χ3n) is 2.95. The molecule has 1 aliphatic rings. The molecule has 0 saturated carbocycles. The molecule has 2 heterocycles. The standard InChI is InChI=1S/C12H18N2O2/c1-15-12-9(7-13)4-5-11(14-12)10-3-2-6-16-8-10/h4-5,10H,2-3,6-8,13H2,1H3. The molecule has 0 spiro atoms. The van der Waals surface area contributed by atoms with Gasteiger partial charge in [-0.25, -0.2) is 4.98 Å². The van der Waals surface area contributed by atoms with Gasteiger partial charge >= 0.3 is 0 Å². The fourth-order valence-electron chi connectivity index (χ4n) is 2.02. The van der Waals surface area contributed by atoms with Gasteiger partial charge in [0.2, 0.25) is 5.88 Å². The lowest BCUT2D eigenvalue weighted by Crippen LogP contribution is -2.17. The van der Waals surface area contributed by atoms with Gasteiger partial charge in [0.1, 0.15) is 0 Å². The zero-order valence-electron chi connectivity index (χ0n) is 9.61. The number of aromatic nitrogens is 1. The molecule has 1 aromatic rings. The second-order valence-corrected chi connectivity index (χ2v) is 4.02. The van der Waals surface area contributed by atoms with Crippen molar-refractivity contribution in [2.24, 2.45) is 5.73 Å². The van der Waals surface area contributed by atoms with E-state index in [4.69, 9.17) is 15.2 Å². The number of hydrogen-bond acceptors (Lipinski definition) is 4. The van der Waals surface area contributed by atoms with Crippen LogP contribution in [0.25, 0.3) is 0 Å². The van der Waals surface area contributed by atoms with E-state index in [0.29, 0.717) is 18.3 Å². The Labute approximate surface area is 95.8 Å². The van der Waals surface area contributed by atoms with Gasteiger partial charge in [-0.2, -0.15) is 0 Å². The molecule has 4 nitrogen and oxygen atoms in total. The Kier molecular flexibility index (Phi) is 3.74. The van der Waals surface area contributed by atoms with Crippen LogP contribution in [-0.2, 0) is 11.3 Å². The van der Waals surface area contributed by atoms with Crippen LogP contribution < -0.4 is 10.5 Å². The third-order valence-corrected chi connectivity index (χ3v) is 2.95. The number of nitrogens with two attached hydrogens (primary N) is 1. The summed E-state index contributed by atoms with van der Waals surface area (Å²) >= 11 is 0. The Morgan fingerprint density at radius 2 is 2.44 bits per heavy atom. The van der Waals surface area contributed by atoms with Gasteiger partial charge in [0, 0.05) is 30.3 Å². The van der Waals surface area contributed by atoms with Gasteiger partial charge in [-0.1, -0.05) is 6.07 Å². The number of methoxy groups -OCH3 is 1. The molecule has 1 aliphatic heterocycles. The van der Waals surface area contributed by atoms with Crippen LogP contribution >= 0.6 is 0 Å². The SMILES string of the molecule is COc1nc(C2CCCOC2)ccc1CN. The smallest absolute Gasteiger partial charge is 0.217 e. The topological polar surface area (TPSA) is 57.4 Å². The van der Waals surface area contributed by atoms with E-state index in [2.05, 4.69) is 4.98 Å². The normalized spacial score (nSPS) is 20.8. The van der Waals surface area contributed by atoms with Crippen LogP contribution in [0.1, 0.15) is 30.0 Å². The molecule has 0 aromatic carbocycles. The molecular weight excluding hydrogens is 204 g/mol. The third kappa shape index (κ3) is 2.33. The van der Waals surface area contributed by atoms with Crippen molar-refractivity contribution in [3.05, 3.63) is 23.4 Å². The van der Waals surface area contributed by atoms with Gasteiger partial charge in [0.05, 0.1) is 13.7 Å². The molecule has 1 saturated heterocycles. The minimum absolute atomic E-state index is 0.398. The van der Waals surface area contributed by atoms with Crippen LogP contribution in [0.2, 0.25) is 0 Å². The summed E-state index contributed by atoms with van der Waals surface area (Å²) in [6.45, 7) is 2.09. The Bertz CT molecular complexity index is 349. The van der Waals surface area contributed by atoms with Gasteiger partial charge in [0.25, 0.3) is 0 Å². The average molecular weight is 222 g/mol. The molecule has 16 heavy (non-hydrogen) atoms. The van der Waals surface area contributed by atoms with Crippen LogP contribution in [0, 0.1) is 0 Å². The van der Waals surface area contributed by atoms with E-state index in [1.165, 1.54) is 0 Å². The van der Waals surface area contributed by atoms with Crippen molar-refractivity contribution in [2.75, 3.05) is 20.3 Å². The summed E-state index contributed by atoms with van der Waals surface area (Å²) in [5, 5.41) is 0. The zero-order chi connectivity index (χ0) is 11.4. The molecule has 0 amide bonds. The molecule has 1 atom stereocenters. The summed E-state index contributed by atoms with van der Waals surface area (Å²) in [7, 11) is 1.63. The first kappa shape index (κ1) is 11.4. The minimum atomic E-state index is 0.398. The summed E-state index contributed by atoms with van der Waals surface area (Å²) in [6, 6.07) is 4.03. The molecule has 1 fully saturated rings. The minimum Gasteiger partial charge on any atom is -0.481 e. The lowest BCUT2D eigenvalue weighted by molar-refractivity contribution is 0.0791. The maximum absolute atomic E-state index is 5.61. The first-order chi connectivity index (χ1) is 7.85. The summed E-state index contributed by atoms with van der Waals surface area (Å²) in [5.41, 5.74) is 7.61. The highest BCUT2D eigenvalue weighted by Gasteiger charge is 2.18. The second kappa shape index (κ2) is 5.27. The van der Waals surface area contributed by atoms with Gasteiger partial charge in [-0.05, 0) is 18.9 Å². The van der Waals surface area contributed by atoms with Crippen LogP contribution in [0.5, 0.6) is 5.88 Å². The maximum Gasteiger partial charge on any atom is 0.217 e. The molecule has 1 unspecified atom stereocenters. The predicted molar refractivity (Wildman–Crippen MR) is 61.5 cm³/mol. The summed E-state index contributed by atoms with van der Waals surface area (Å²) in [5.74, 6) is 1.04. The quantitative estimate of drug-likeness (QED) is 0.840. The summed E-state index contributed by atoms with van der Waals surface area (Å²) in [4.78, 5) is 4.50. The molecule has 88 valence electrons. The van der Waals surface area contributed by atoms with Gasteiger partial charge in [-0.15, -0.1) is 0 Å². The largest absolute Gasteiger partial charge is 0.481 e. The van der Waals surface area contributed by atoms with Gasteiger partial charge in [-0.3, -0.25) is 0 Å². The summed E-state index contributed by atoms with van der Waals surface area (Å²) in [6.07, 6.45) is 2.24. The Morgan fingerprint density at radius 3 is 3.06 bits per heavy atom. The van der Waals surface area contributed by atoms with Crippen molar-refractivity contribution in [1.29, 1.82) is 0 Å². The Hall–Kier alpha value is -1.13. The van der Waals surface area contributed by atoms with Crippen molar-refractivity contribution in [2.45, 2.75) is 25.3 Å². The number of rotatable bonds is 3.